The number of fused-ring (bicyclic) bond motifs is 1. The van der Waals surface area contributed by atoms with Gasteiger partial charge >= 0.3 is 6.03 Å². The van der Waals surface area contributed by atoms with Gasteiger partial charge in [0.15, 0.2) is 0 Å². The lowest BCUT2D eigenvalue weighted by Gasteiger charge is -2.36. The standard InChI is InChI=1S/C26H34FN3O/c1-26(2,3)20-9-7-19(8-10-20)18-24-23-6-4-15-29(23)16-5-17-30(24)25(31)28-22-13-11-21(27)12-14-22/h7-14,23-24H,4-6,15-18H2,1-3H3,(H,28,31). The Morgan fingerprint density at radius 1 is 1.00 bits per heavy atom. The van der Waals surface area contributed by atoms with Crippen LogP contribution in [0.1, 0.15) is 51.2 Å². The zero-order valence-electron chi connectivity index (χ0n) is 18.9. The smallest absolute Gasteiger partial charge is 0.320 e. The van der Waals surface area contributed by atoms with E-state index in [0.29, 0.717) is 11.7 Å². The van der Waals surface area contributed by atoms with Crippen LogP contribution in [-0.2, 0) is 11.8 Å². The van der Waals surface area contributed by atoms with Gasteiger partial charge in [0.2, 0.25) is 0 Å². The molecule has 0 saturated carbocycles. The second-order valence-electron chi connectivity index (χ2n) is 9.95. The van der Waals surface area contributed by atoms with E-state index in [0.717, 1.165) is 38.9 Å². The summed E-state index contributed by atoms with van der Waals surface area (Å²) in [6.07, 6.45) is 4.15. The first kappa shape index (κ1) is 21.8. The third kappa shape index (κ3) is 5.09. The number of halogens is 1. The quantitative estimate of drug-likeness (QED) is 0.714. The predicted molar refractivity (Wildman–Crippen MR) is 124 cm³/mol. The van der Waals surface area contributed by atoms with E-state index in [1.807, 2.05) is 4.90 Å². The molecule has 0 aliphatic carbocycles. The van der Waals surface area contributed by atoms with Crippen LogP contribution in [0.15, 0.2) is 48.5 Å². The average molecular weight is 424 g/mol. The Labute approximate surface area is 185 Å². The van der Waals surface area contributed by atoms with Crippen LogP contribution in [0.2, 0.25) is 0 Å². The molecular formula is C26H34FN3O. The molecule has 2 atom stereocenters. The lowest BCUT2D eigenvalue weighted by Crippen LogP contribution is -2.51. The predicted octanol–water partition coefficient (Wildman–Crippen LogP) is 5.44. The molecule has 2 amide bonds. The first-order chi connectivity index (χ1) is 14.8. The molecule has 2 heterocycles. The fourth-order valence-electron chi connectivity index (χ4n) is 4.99. The van der Waals surface area contributed by atoms with Gasteiger partial charge in [-0.05, 0) is 73.0 Å². The summed E-state index contributed by atoms with van der Waals surface area (Å²) in [6.45, 7) is 9.59. The highest BCUT2D eigenvalue weighted by atomic mass is 19.1. The second-order valence-corrected chi connectivity index (χ2v) is 9.95. The molecular weight excluding hydrogens is 389 g/mol. The topological polar surface area (TPSA) is 35.6 Å². The van der Waals surface area contributed by atoms with Crippen LogP contribution in [0.5, 0.6) is 0 Å². The molecule has 2 aromatic rings. The average Bonchev–Trinajstić information content (AvgIpc) is 3.13. The lowest BCUT2D eigenvalue weighted by molar-refractivity contribution is 0.153. The van der Waals surface area contributed by atoms with Crippen molar-refractivity contribution < 1.29 is 9.18 Å². The molecule has 0 spiro atoms. The van der Waals surface area contributed by atoms with Gasteiger partial charge in [0.1, 0.15) is 5.82 Å². The van der Waals surface area contributed by atoms with Gasteiger partial charge in [-0.3, -0.25) is 4.90 Å². The van der Waals surface area contributed by atoms with Crippen molar-refractivity contribution in [2.45, 2.75) is 64.0 Å². The summed E-state index contributed by atoms with van der Waals surface area (Å²) >= 11 is 0. The summed E-state index contributed by atoms with van der Waals surface area (Å²) in [4.78, 5) is 17.9. The minimum Gasteiger partial charge on any atom is -0.320 e. The molecule has 2 aliphatic heterocycles. The molecule has 31 heavy (non-hydrogen) atoms. The molecule has 166 valence electrons. The van der Waals surface area contributed by atoms with Crippen LogP contribution in [0.3, 0.4) is 0 Å². The van der Waals surface area contributed by atoms with Crippen LogP contribution in [0, 0.1) is 5.82 Å². The molecule has 2 aliphatic rings. The van der Waals surface area contributed by atoms with Crippen molar-refractivity contribution in [1.82, 2.24) is 9.80 Å². The summed E-state index contributed by atoms with van der Waals surface area (Å²) in [6, 6.07) is 15.3. The Kier molecular flexibility index (Phi) is 6.33. The third-order valence-corrected chi connectivity index (χ3v) is 6.72. The van der Waals surface area contributed by atoms with Gasteiger partial charge in [0.25, 0.3) is 0 Å². The van der Waals surface area contributed by atoms with Crippen molar-refractivity contribution in [3.8, 4) is 0 Å². The maximum atomic E-state index is 13.3. The molecule has 1 N–H and O–H groups in total. The maximum absolute atomic E-state index is 13.3. The number of benzene rings is 2. The number of hydrogen-bond acceptors (Lipinski definition) is 2. The number of anilines is 1. The van der Waals surface area contributed by atoms with Crippen LogP contribution < -0.4 is 5.32 Å². The molecule has 5 heteroatoms. The summed E-state index contributed by atoms with van der Waals surface area (Å²) in [5, 5.41) is 2.99. The number of rotatable bonds is 3. The molecule has 2 fully saturated rings. The zero-order valence-corrected chi connectivity index (χ0v) is 18.9. The van der Waals surface area contributed by atoms with Crippen molar-refractivity contribution in [1.29, 1.82) is 0 Å². The van der Waals surface area contributed by atoms with Crippen molar-refractivity contribution in [3.05, 3.63) is 65.5 Å². The SMILES string of the molecule is CC(C)(C)c1ccc(CC2C3CCCN3CCCN2C(=O)Nc2ccc(F)cc2)cc1. The van der Waals surface area contributed by atoms with Gasteiger partial charge in [0.05, 0.1) is 6.04 Å². The van der Waals surface area contributed by atoms with Crippen LogP contribution in [-0.4, -0.2) is 47.5 Å². The first-order valence-corrected chi connectivity index (χ1v) is 11.5. The molecule has 2 unspecified atom stereocenters. The molecule has 0 radical (unpaired) electrons. The van der Waals surface area contributed by atoms with Gasteiger partial charge in [-0.1, -0.05) is 45.0 Å². The Bertz CT molecular complexity index is 888. The van der Waals surface area contributed by atoms with E-state index in [1.165, 1.54) is 29.7 Å². The number of nitrogens with one attached hydrogen (secondary N) is 1. The summed E-state index contributed by atoms with van der Waals surface area (Å²) in [7, 11) is 0. The molecule has 4 rings (SSSR count). The maximum Gasteiger partial charge on any atom is 0.322 e. The van der Waals surface area contributed by atoms with Crippen LogP contribution in [0.4, 0.5) is 14.9 Å². The first-order valence-electron chi connectivity index (χ1n) is 11.5. The fourth-order valence-corrected chi connectivity index (χ4v) is 4.99. The largest absolute Gasteiger partial charge is 0.322 e. The van der Waals surface area contributed by atoms with E-state index in [1.54, 1.807) is 12.1 Å². The van der Waals surface area contributed by atoms with Crippen molar-refractivity contribution in [2.24, 2.45) is 0 Å². The van der Waals surface area contributed by atoms with E-state index in [4.69, 9.17) is 0 Å². The minimum atomic E-state index is -0.300. The van der Waals surface area contributed by atoms with Crippen LogP contribution in [0.25, 0.3) is 0 Å². The number of amides is 2. The fraction of sp³-hybridized carbons (Fsp3) is 0.500. The highest BCUT2D eigenvalue weighted by molar-refractivity contribution is 5.89. The van der Waals surface area contributed by atoms with Crippen molar-refractivity contribution >= 4 is 11.7 Å². The number of carbonyl (C=O) groups excluding carboxylic acids is 1. The minimum absolute atomic E-state index is 0.0864. The van der Waals surface area contributed by atoms with Gasteiger partial charge in [-0.2, -0.15) is 0 Å². The number of urea groups is 1. The van der Waals surface area contributed by atoms with Gasteiger partial charge in [-0.25, -0.2) is 9.18 Å². The summed E-state index contributed by atoms with van der Waals surface area (Å²) < 4.78 is 13.3. The molecule has 4 nitrogen and oxygen atoms in total. The monoisotopic (exact) mass is 423 g/mol. The Hall–Kier alpha value is -2.40. The Morgan fingerprint density at radius 3 is 2.35 bits per heavy atom. The van der Waals surface area contributed by atoms with Crippen molar-refractivity contribution in [2.75, 3.05) is 25.0 Å². The van der Waals surface area contributed by atoms with E-state index in [9.17, 15) is 9.18 Å². The van der Waals surface area contributed by atoms with Gasteiger partial charge in [-0.15, -0.1) is 0 Å². The van der Waals surface area contributed by atoms with Gasteiger partial charge in [0, 0.05) is 24.8 Å². The number of hydrogen-bond donors (Lipinski definition) is 1. The van der Waals surface area contributed by atoms with E-state index in [2.05, 4.69) is 55.3 Å². The van der Waals surface area contributed by atoms with E-state index in [-0.39, 0.29) is 23.3 Å². The summed E-state index contributed by atoms with van der Waals surface area (Å²) in [5.41, 5.74) is 3.36. The normalized spacial score (nSPS) is 22.1. The van der Waals surface area contributed by atoms with Crippen molar-refractivity contribution in [3.63, 3.8) is 0 Å². The third-order valence-electron chi connectivity index (χ3n) is 6.72. The number of nitrogens with zero attached hydrogens (tertiary/aromatic N) is 2. The molecule has 2 saturated heterocycles. The highest BCUT2D eigenvalue weighted by Gasteiger charge is 2.39. The molecule has 0 aromatic heterocycles. The Morgan fingerprint density at radius 2 is 1.68 bits per heavy atom. The van der Waals surface area contributed by atoms with E-state index < -0.39 is 0 Å². The lowest BCUT2D eigenvalue weighted by atomic mass is 9.86. The van der Waals surface area contributed by atoms with Gasteiger partial charge < -0.3 is 10.2 Å². The van der Waals surface area contributed by atoms with E-state index >= 15 is 0 Å². The molecule has 0 bridgehead atoms. The van der Waals surface area contributed by atoms with Crippen LogP contribution >= 0.6 is 0 Å². The molecule has 2 aromatic carbocycles. The zero-order chi connectivity index (χ0) is 22.0. The second kappa shape index (κ2) is 8.99. The summed E-state index contributed by atoms with van der Waals surface area (Å²) in [5.74, 6) is -0.300. The number of carbonyl (C=O) groups is 1. The highest BCUT2D eigenvalue weighted by Crippen LogP contribution is 2.30. The Balaban J connectivity index is 1.56.